The van der Waals surface area contributed by atoms with Gasteiger partial charge >= 0.3 is 0 Å². The molecule has 0 amide bonds. The lowest BCUT2D eigenvalue weighted by atomic mass is 10.5. The van der Waals surface area contributed by atoms with Crippen LogP contribution in [0.2, 0.25) is 0 Å². The van der Waals surface area contributed by atoms with Crippen LogP contribution in [0.25, 0.3) is 0 Å². The Morgan fingerprint density at radius 3 is 2.60 bits per heavy atom. The van der Waals surface area contributed by atoms with Gasteiger partial charge in [0.05, 0.1) is 17.5 Å². The number of nitrogens with zero attached hydrogens (tertiary/aromatic N) is 1. The number of rotatable bonds is 4. The largest absolute Gasteiger partial charge is 0.233 e. The third-order valence-electron chi connectivity index (χ3n) is 0.763. The molecule has 0 fully saturated rings. The van der Waals surface area contributed by atoms with Crippen LogP contribution in [-0.4, -0.2) is 25.9 Å². The monoisotopic (exact) mass is 180 g/mol. The Hall–Kier alpha value is -0.290. The second-order valence-corrected chi connectivity index (χ2v) is 3.61. The Labute approximate surface area is 65.2 Å². The van der Waals surface area contributed by atoms with Crippen molar-refractivity contribution < 1.29 is 8.42 Å². The number of isothiocyanates is 1. The molecule has 0 saturated heterocycles. The van der Waals surface area contributed by atoms with E-state index in [1.165, 1.54) is 0 Å². The van der Waals surface area contributed by atoms with Gasteiger partial charge in [-0.1, -0.05) is 0 Å². The fourth-order valence-electron chi connectivity index (χ4n) is 0.390. The molecule has 0 bridgehead atoms. The van der Waals surface area contributed by atoms with E-state index in [0.29, 0.717) is 13.0 Å². The number of thiocarbonyl (C=S) groups is 1. The van der Waals surface area contributed by atoms with E-state index in [0.717, 1.165) is 0 Å². The normalized spacial score (nSPS) is 10.5. The SMILES string of the molecule is NS(=O)(=O)CCCN=C=S. The number of primary sulfonamides is 1. The maximum Gasteiger partial charge on any atom is 0.209 e. The van der Waals surface area contributed by atoms with Gasteiger partial charge in [0.2, 0.25) is 10.0 Å². The fourth-order valence-corrected chi connectivity index (χ4v) is 1.01. The van der Waals surface area contributed by atoms with Crippen molar-refractivity contribution in [2.45, 2.75) is 6.42 Å². The molecule has 0 aromatic rings. The molecule has 0 atom stereocenters. The van der Waals surface area contributed by atoms with Gasteiger partial charge in [0.15, 0.2) is 0 Å². The number of hydrogen-bond donors (Lipinski definition) is 1. The van der Waals surface area contributed by atoms with Crippen LogP contribution in [0, 0.1) is 0 Å². The molecule has 0 aliphatic heterocycles. The Kier molecular flexibility index (Phi) is 4.38. The zero-order valence-electron chi connectivity index (χ0n) is 5.28. The molecule has 0 aromatic carbocycles. The third-order valence-corrected chi connectivity index (χ3v) is 1.75. The topological polar surface area (TPSA) is 72.5 Å². The zero-order valence-corrected chi connectivity index (χ0v) is 6.91. The predicted octanol–water partition coefficient (Wildman–Crippen LogP) is -0.232. The standard InChI is InChI=1S/C4H8N2O2S2/c5-10(7,8)3-1-2-6-4-9/h1-3H2,(H2,5,7,8). The fraction of sp³-hybridized carbons (Fsp3) is 0.750. The summed E-state index contributed by atoms with van der Waals surface area (Å²) in [6.07, 6.45) is 0.405. The van der Waals surface area contributed by atoms with Crippen LogP contribution in [0.3, 0.4) is 0 Å². The van der Waals surface area contributed by atoms with Crippen LogP contribution in [0.1, 0.15) is 6.42 Å². The van der Waals surface area contributed by atoms with Gasteiger partial charge in [-0.2, -0.15) is 0 Å². The molecular formula is C4H8N2O2S2. The first-order valence-corrected chi connectivity index (χ1v) is 4.73. The summed E-state index contributed by atoms with van der Waals surface area (Å²) in [5.74, 6) is -0.0481. The van der Waals surface area contributed by atoms with Crippen LogP contribution in [0.15, 0.2) is 4.99 Å². The molecule has 6 heteroatoms. The van der Waals surface area contributed by atoms with Crippen molar-refractivity contribution in [3.8, 4) is 0 Å². The first-order valence-electron chi connectivity index (χ1n) is 2.60. The van der Waals surface area contributed by atoms with Gasteiger partial charge in [0.1, 0.15) is 0 Å². The molecule has 0 unspecified atom stereocenters. The Balaban J connectivity index is 3.48. The van der Waals surface area contributed by atoms with Gasteiger partial charge in [-0.05, 0) is 18.6 Å². The molecule has 2 N–H and O–H groups in total. The molecule has 0 aliphatic rings. The van der Waals surface area contributed by atoms with E-state index >= 15 is 0 Å². The van der Waals surface area contributed by atoms with Gasteiger partial charge in [-0.15, -0.1) is 0 Å². The van der Waals surface area contributed by atoms with Crippen molar-refractivity contribution in [2.75, 3.05) is 12.3 Å². The lowest BCUT2D eigenvalue weighted by molar-refractivity contribution is 0.595. The Bertz CT molecular complexity index is 228. The van der Waals surface area contributed by atoms with Gasteiger partial charge in [-0.25, -0.2) is 18.5 Å². The molecule has 0 heterocycles. The highest BCUT2D eigenvalue weighted by Gasteiger charge is 1.99. The Morgan fingerprint density at radius 1 is 1.60 bits per heavy atom. The quantitative estimate of drug-likeness (QED) is 0.369. The first-order chi connectivity index (χ1) is 4.56. The molecule has 0 rings (SSSR count). The van der Waals surface area contributed by atoms with E-state index in [2.05, 4.69) is 22.4 Å². The minimum atomic E-state index is -3.33. The summed E-state index contributed by atoms with van der Waals surface area (Å²) >= 11 is 4.26. The minimum Gasteiger partial charge on any atom is -0.233 e. The maximum atomic E-state index is 10.3. The number of sulfonamides is 1. The van der Waals surface area contributed by atoms with Crippen molar-refractivity contribution in [3.05, 3.63) is 0 Å². The van der Waals surface area contributed by atoms with Gasteiger partial charge in [0, 0.05) is 0 Å². The molecular weight excluding hydrogens is 172 g/mol. The van der Waals surface area contributed by atoms with Gasteiger partial charge in [-0.3, -0.25) is 0 Å². The third kappa shape index (κ3) is 7.71. The van der Waals surface area contributed by atoms with Crippen molar-refractivity contribution >= 4 is 27.4 Å². The molecule has 58 valence electrons. The minimum absolute atomic E-state index is 0.0481. The van der Waals surface area contributed by atoms with E-state index in [1.54, 1.807) is 0 Å². The lowest BCUT2D eigenvalue weighted by Gasteiger charge is -1.91. The number of aliphatic imine (C=N–C) groups is 1. The summed E-state index contributed by atoms with van der Waals surface area (Å²) in [5.41, 5.74) is 0. The summed E-state index contributed by atoms with van der Waals surface area (Å²) in [6.45, 7) is 0.375. The first kappa shape index (κ1) is 9.71. The molecule has 4 nitrogen and oxygen atoms in total. The highest BCUT2D eigenvalue weighted by Crippen LogP contribution is 1.84. The Morgan fingerprint density at radius 2 is 2.20 bits per heavy atom. The van der Waals surface area contributed by atoms with Crippen molar-refractivity contribution in [2.24, 2.45) is 10.1 Å². The highest BCUT2D eigenvalue weighted by molar-refractivity contribution is 7.89. The number of nitrogens with two attached hydrogens (primary N) is 1. The molecule has 10 heavy (non-hydrogen) atoms. The van der Waals surface area contributed by atoms with Gasteiger partial charge < -0.3 is 0 Å². The summed E-state index contributed by atoms with van der Waals surface area (Å²) in [5, 5.41) is 6.83. The molecule has 0 aromatic heterocycles. The average molecular weight is 180 g/mol. The van der Waals surface area contributed by atoms with E-state index in [-0.39, 0.29) is 5.75 Å². The molecule has 0 radical (unpaired) electrons. The van der Waals surface area contributed by atoms with Gasteiger partial charge in [0.25, 0.3) is 0 Å². The van der Waals surface area contributed by atoms with E-state index < -0.39 is 10.0 Å². The highest BCUT2D eigenvalue weighted by atomic mass is 32.2. The zero-order chi connectivity index (χ0) is 8.04. The second kappa shape index (κ2) is 4.51. The van der Waals surface area contributed by atoms with Crippen molar-refractivity contribution in [1.29, 1.82) is 0 Å². The second-order valence-electron chi connectivity index (χ2n) is 1.69. The summed E-state index contributed by atoms with van der Waals surface area (Å²) in [7, 11) is -3.33. The summed E-state index contributed by atoms with van der Waals surface area (Å²) in [4.78, 5) is 3.52. The van der Waals surface area contributed by atoms with E-state index in [4.69, 9.17) is 5.14 Å². The summed E-state index contributed by atoms with van der Waals surface area (Å²) < 4.78 is 20.6. The van der Waals surface area contributed by atoms with Crippen LogP contribution in [0.5, 0.6) is 0 Å². The van der Waals surface area contributed by atoms with Crippen LogP contribution in [0.4, 0.5) is 0 Å². The average Bonchev–Trinajstić information content (AvgIpc) is 1.78. The van der Waals surface area contributed by atoms with Crippen molar-refractivity contribution in [1.82, 2.24) is 0 Å². The summed E-state index contributed by atoms with van der Waals surface area (Å²) in [6, 6.07) is 0. The number of hydrogen-bond acceptors (Lipinski definition) is 4. The van der Waals surface area contributed by atoms with E-state index in [1.807, 2.05) is 0 Å². The van der Waals surface area contributed by atoms with Crippen molar-refractivity contribution in [3.63, 3.8) is 0 Å². The predicted molar refractivity (Wildman–Crippen MR) is 42.5 cm³/mol. The maximum absolute atomic E-state index is 10.3. The molecule has 0 aliphatic carbocycles. The van der Waals surface area contributed by atoms with Crippen LogP contribution >= 0.6 is 12.2 Å². The van der Waals surface area contributed by atoms with Crippen LogP contribution in [-0.2, 0) is 10.0 Å². The van der Waals surface area contributed by atoms with Crippen LogP contribution < -0.4 is 5.14 Å². The molecule has 0 saturated carbocycles. The molecule has 0 spiro atoms. The smallest absolute Gasteiger partial charge is 0.209 e. The van der Waals surface area contributed by atoms with E-state index in [9.17, 15) is 8.42 Å². The lowest BCUT2D eigenvalue weighted by Crippen LogP contribution is -2.16.